The van der Waals surface area contributed by atoms with Crippen LogP contribution in [0, 0.1) is 13.8 Å². The standard InChI is InChI=1S/C30H32N4O3.C23H28BNO3.C13H15N3O2/c1-5-34-27-14-13-24(19(2)29(27)31-32-34)26(18-28(35)37-4)23-12-11-21-15-16-33(20(3)25(21)17-23)30(36)22-9-7-6-8-10-22;1-16-20-15-19(24-27-22(2,3)23(4,5)28-24)12-11-17(20)13-14-25(16)21(26)18-9-7-6-8-10-18;1-4-16-11-7-5-10(6-8-12(17)18-3)9(2)13(11)14-15-16/h6-14,17,20,26H,5,15-16,18H2,1-4H3;6-12,15-16H,13-14H2,1-5H3;5-8H,4H2,1-3H3/b;;8-6+/t20-,26?;16-;/m00./s1. The van der Waals surface area contributed by atoms with Crippen molar-refractivity contribution in [2.24, 2.45) is 0 Å². The number of esters is 2. The molecule has 5 heterocycles. The van der Waals surface area contributed by atoms with Gasteiger partial charge in [0.1, 0.15) is 11.0 Å². The number of hydrogen-bond acceptors (Lipinski definition) is 12. The van der Waals surface area contributed by atoms with E-state index in [1.165, 1.54) is 37.0 Å². The van der Waals surface area contributed by atoms with Crippen molar-refractivity contribution in [1.29, 1.82) is 0 Å². The molecule has 0 bridgehead atoms. The first kappa shape index (κ1) is 59.4. The van der Waals surface area contributed by atoms with Crippen LogP contribution in [0.3, 0.4) is 0 Å². The second-order valence-corrected chi connectivity index (χ2v) is 22.4. The van der Waals surface area contributed by atoms with Crippen molar-refractivity contribution < 1.29 is 38.0 Å². The topological polar surface area (TPSA) is 173 Å². The zero-order chi connectivity index (χ0) is 59.3. The fourth-order valence-corrected chi connectivity index (χ4v) is 11.3. The molecule has 8 aromatic rings. The fourth-order valence-electron chi connectivity index (χ4n) is 11.3. The largest absolute Gasteiger partial charge is 0.494 e. The van der Waals surface area contributed by atoms with Crippen molar-refractivity contribution in [2.75, 3.05) is 27.3 Å². The Labute approximate surface area is 486 Å². The Morgan fingerprint density at radius 3 is 1.67 bits per heavy atom. The molecule has 0 spiro atoms. The van der Waals surface area contributed by atoms with Gasteiger partial charge in [0.05, 0.1) is 55.0 Å². The minimum absolute atomic E-state index is 0.0128. The van der Waals surface area contributed by atoms with Gasteiger partial charge in [0.2, 0.25) is 0 Å². The summed E-state index contributed by atoms with van der Waals surface area (Å²) < 4.78 is 25.8. The van der Waals surface area contributed by atoms with Crippen molar-refractivity contribution >= 4 is 64.5 Å². The van der Waals surface area contributed by atoms with E-state index in [4.69, 9.17) is 14.0 Å². The molecule has 2 aromatic heterocycles. The van der Waals surface area contributed by atoms with E-state index in [2.05, 4.69) is 109 Å². The predicted octanol–water partition coefficient (Wildman–Crippen LogP) is 10.9. The molecule has 1 unspecified atom stereocenters. The number of ether oxygens (including phenoxy) is 2. The zero-order valence-electron chi connectivity index (χ0n) is 49.8. The summed E-state index contributed by atoms with van der Waals surface area (Å²) in [6.45, 7) is 23.4. The van der Waals surface area contributed by atoms with Crippen molar-refractivity contribution in [3.63, 3.8) is 0 Å². The van der Waals surface area contributed by atoms with E-state index in [9.17, 15) is 19.2 Å². The summed E-state index contributed by atoms with van der Waals surface area (Å²) in [5, 5.41) is 16.9. The number of rotatable bonds is 11. The maximum atomic E-state index is 13.3. The highest BCUT2D eigenvalue weighted by molar-refractivity contribution is 6.62. The lowest BCUT2D eigenvalue weighted by atomic mass is 9.76. The van der Waals surface area contributed by atoms with Crippen LogP contribution < -0.4 is 5.46 Å². The van der Waals surface area contributed by atoms with Crippen LogP contribution in [-0.4, -0.2) is 109 Å². The lowest BCUT2D eigenvalue weighted by Crippen LogP contribution is -2.41. The number of aryl methyl sites for hydroxylation is 4. The SMILES string of the molecule is CCn1nnc2c(C)c(/C=C/C(=O)OC)ccc21.CCn1nnc2c(C)c(C(CC(=O)OC)c3ccc4c(c3)[C@H](C)N(C(=O)c3ccccc3)CC4)ccc21.C[C@H]1c2cc(B3OC(C)(C)C(C)(C)O3)ccc2CCN1C(=O)c1ccccc1. The number of aromatic nitrogens is 6. The first-order valence-corrected chi connectivity index (χ1v) is 28.6. The van der Waals surface area contributed by atoms with E-state index in [1.807, 2.05) is 126 Å². The average molecular weight is 1120 g/mol. The maximum Gasteiger partial charge on any atom is 0.494 e. The minimum Gasteiger partial charge on any atom is -0.469 e. The molecule has 3 aliphatic rings. The van der Waals surface area contributed by atoms with Crippen LogP contribution in [0.4, 0.5) is 0 Å². The summed E-state index contributed by atoms with van der Waals surface area (Å²) in [7, 11) is 2.39. The van der Waals surface area contributed by atoms with Crippen LogP contribution in [0.25, 0.3) is 28.1 Å². The van der Waals surface area contributed by atoms with Crippen molar-refractivity contribution in [3.8, 4) is 0 Å². The molecule has 6 aromatic carbocycles. The van der Waals surface area contributed by atoms with Crippen molar-refractivity contribution in [1.82, 2.24) is 39.8 Å². The van der Waals surface area contributed by atoms with Crippen LogP contribution in [-0.2, 0) is 54.3 Å². The molecule has 1 fully saturated rings. The Morgan fingerprint density at radius 2 is 1.16 bits per heavy atom. The average Bonchev–Trinajstić information content (AvgIpc) is 4.11. The van der Waals surface area contributed by atoms with Gasteiger partial charge in [0.15, 0.2) is 0 Å². The molecular formula is C66H75BN8O8. The van der Waals surface area contributed by atoms with E-state index in [1.54, 1.807) is 6.08 Å². The van der Waals surface area contributed by atoms with Gasteiger partial charge in [-0.1, -0.05) is 95.4 Å². The molecule has 3 aliphatic heterocycles. The molecular weight excluding hydrogens is 1040 g/mol. The molecule has 0 radical (unpaired) electrons. The molecule has 0 aliphatic carbocycles. The number of amides is 2. The maximum absolute atomic E-state index is 13.3. The third-order valence-electron chi connectivity index (χ3n) is 17.0. The van der Waals surface area contributed by atoms with Crippen molar-refractivity contribution in [2.45, 2.75) is 131 Å². The Bertz CT molecular complexity index is 3690. The Hall–Kier alpha value is -8.28. The van der Waals surface area contributed by atoms with E-state index < -0.39 is 0 Å². The van der Waals surface area contributed by atoms with Crippen LogP contribution in [0.15, 0.2) is 127 Å². The number of nitrogens with zero attached hydrogens (tertiary/aromatic N) is 8. The highest BCUT2D eigenvalue weighted by atomic mass is 16.7. The van der Waals surface area contributed by atoms with Gasteiger partial charge < -0.3 is 28.6 Å². The van der Waals surface area contributed by atoms with Gasteiger partial charge in [-0.05, 0) is 180 Å². The third-order valence-corrected chi connectivity index (χ3v) is 17.0. The van der Waals surface area contributed by atoms with E-state index >= 15 is 0 Å². The summed E-state index contributed by atoms with van der Waals surface area (Å²) >= 11 is 0. The van der Waals surface area contributed by atoms with Gasteiger partial charge in [-0.15, -0.1) is 10.2 Å². The van der Waals surface area contributed by atoms with Gasteiger partial charge >= 0.3 is 19.1 Å². The molecule has 17 heteroatoms. The number of carbonyl (C=O) groups excluding carboxylic acids is 4. The monoisotopic (exact) mass is 1120 g/mol. The van der Waals surface area contributed by atoms with Crippen LogP contribution in [0.1, 0.15) is 151 Å². The molecule has 0 N–H and O–H groups in total. The number of hydrogen-bond donors (Lipinski definition) is 0. The first-order valence-electron chi connectivity index (χ1n) is 28.6. The van der Waals surface area contributed by atoms with E-state index in [-0.39, 0.29) is 66.5 Å². The molecule has 11 rings (SSSR count). The lowest BCUT2D eigenvalue weighted by molar-refractivity contribution is -0.141. The molecule has 430 valence electrons. The summed E-state index contributed by atoms with van der Waals surface area (Å²) in [5.74, 6) is -0.725. The second-order valence-electron chi connectivity index (χ2n) is 22.4. The van der Waals surface area contributed by atoms with Gasteiger partial charge in [0, 0.05) is 49.3 Å². The Morgan fingerprint density at radius 1 is 0.651 bits per heavy atom. The number of benzene rings is 6. The molecule has 16 nitrogen and oxygen atoms in total. The van der Waals surface area contributed by atoms with E-state index in [0.717, 1.165) is 98.9 Å². The Kier molecular flexibility index (Phi) is 17.9. The van der Waals surface area contributed by atoms with E-state index in [0.29, 0.717) is 12.1 Å². The second kappa shape index (κ2) is 25.1. The van der Waals surface area contributed by atoms with Gasteiger partial charge in [-0.3, -0.25) is 14.4 Å². The molecule has 2 amide bonds. The Balaban J connectivity index is 0.000000159. The number of methoxy groups -OCH3 is 2. The first-order chi connectivity index (χ1) is 39.8. The molecule has 3 atom stereocenters. The normalized spacial score (nSPS) is 17.2. The number of fused-ring (bicyclic) bond motifs is 4. The fraction of sp³-hybridized carbons (Fsp3) is 0.364. The quantitative estimate of drug-likeness (QED) is 0.0682. The summed E-state index contributed by atoms with van der Waals surface area (Å²) in [4.78, 5) is 53.8. The smallest absolute Gasteiger partial charge is 0.469 e. The van der Waals surface area contributed by atoms with Crippen molar-refractivity contribution in [3.05, 3.63) is 189 Å². The molecule has 1 saturated heterocycles. The molecule has 83 heavy (non-hydrogen) atoms. The highest BCUT2D eigenvalue weighted by Crippen LogP contribution is 2.40. The van der Waals surface area contributed by atoms with Gasteiger partial charge in [0.25, 0.3) is 11.8 Å². The molecule has 0 saturated carbocycles. The zero-order valence-corrected chi connectivity index (χ0v) is 49.8. The summed E-state index contributed by atoms with van der Waals surface area (Å²) in [6.07, 6.45) is 5.00. The lowest BCUT2D eigenvalue weighted by Gasteiger charge is -2.36. The third kappa shape index (κ3) is 12.3. The highest BCUT2D eigenvalue weighted by Gasteiger charge is 2.52. The summed E-state index contributed by atoms with van der Waals surface area (Å²) in [6, 6.07) is 39.8. The van der Waals surface area contributed by atoms with Crippen LogP contribution >= 0.6 is 0 Å². The van der Waals surface area contributed by atoms with Gasteiger partial charge in [-0.25, -0.2) is 14.2 Å². The predicted molar refractivity (Wildman–Crippen MR) is 323 cm³/mol. The summed E-state index contributed by atoms with van der Waals surface area (Å²) in [5.41, 5.74) is 15.3. The van der Waals surface area contributed by atoms with Crippen LogP contribution in [0.5, 0.6) is 0 Å². The number of carbonyl (C=O) groups is 4. The van der Waals surface area contributed by atoms with Crippen LogP contribution in [0.2, 0.25) is 0 Å². The minimum atomic E-state index is -0.386. The van der Waals surface area contributed by atoms with Gasteiger partial charge in [-0.2, -0.15) is 0 Å².